The topological polar surface area (TPSA) is 57.6 Å². The number of halogens is 3. The maximum Gasteiger partial charge on any atom is 0.416 e. The molecule has 1 aromatic carbocycles. The summed E-state index contributed by atoms with van der Waals surface area (Å²) < 4.78 is 64.6. The lowest BCUT2D eigenvalue weighted by atomic mass is 10.0. The van der Waals surface area contributed by atoms with Crippen LogP contribution in [0.2, 0.25) is 0 Å². The molecule has 1 N–H and O–H groups in total. The van der Waals surface area contributed by atoms with Crippen LogP contribution in [0.25, 0.3) is 0 Å². The van der Waals surface area contributed by atoms with Crippen molar-refractivity contribution in [1.29, 1.82) is 0 Å². The van der Waals surface area contributed by atoms with Crippen LogP contribution in [0.3, 0.4) is 0 Å². The second kappa shape index (κ2) is 6.17. The third kappa shape index (κ3) is 3.44. The van der Waals surface area contributed by atoms with E-state index >= 15 is 0 Å². The molecule has 124 valence electrons. The first-order valence-corrected chi connectivity index (χ1v) is 8.45. The van der Waals surface area contributed by atoms with Crippen molar-refractivity contribution in [2.75, 3.05) is 6.54 Å². The number of nitrogens with zero attached hydrogens (tertiary/aromatic N) is 1. The van der Waals surface area contributed by atoms with Crippen LogP contribution in [0, 0.1) is 0 Å². The highest BCUT2D eigenvalue weighted by Gasteiger charge is 2.37. The van der Waals surface area contributed by atoms with Gasteiger partial charge in [0.15, 0.2) is 0 Å². The first kappa shape index (κ1) is 17.2. The zero-order chi connectivity index (χ0) is 16.5. The van der Waals surface area contributed by atoms with Crippen molar-refractivity contribution in [3.63, 3.8) is 0 Å². The Morgan fingerprint density at radius 3 is 2.59 bits per heavy atom. The molecule has 4 nitrogen and oxygen atoms in total. The second-order valence-electron chi connectivity index (χ2n) is 5.45. The van der Waals surface area contributed by atoms with Crippen LogP contribution >= 0.6 is 0 Å². The van der Waals surface area contributed by atoms with E-state index in [1.54, 1.807) is 0 Å². The van der Waals surface area contributed by atoms with Gasteiger partial charge in [-0.15, -0.1) is 0 Å². The van der Waals surface area contributed by atoms with E-state index in [-0.39, 0.29) is 6.54 Å². The highest BCUT2D eigenvalue weighted by molar-refractivity contribution is 7.89. The summed E-state index contributed by atoms with van der Waals surface area (Å²) in [6, 6.07) is 3.10. The van der Waals surface area contributed by atoms with Gasteiger partial charge in [-0.3, -0.25) is 0 Å². The van der Waals surface area contributed by atoms with Gasteiger partial charge in [-0.05, 0) is 38.0 Å². The fourth-order valence-electron chi connectivity index (χ4n) is 2.68. The Kier molecular flexibility index (Phi) is 4.84. The van der Waals surface area contributed by atoms with E-state index in [9.17, 15) is 26.7 Å². The molecule has 1 saturated heterocycles. The van der Waals surface area contributed by atoms with Crippen molar-refractivity contribution < 1.29 is 26.7 Å². The number of sulfonamides is 1. The predicted molar refractivity (Wildman–Crippen MR) is 74.7 cm³/mol. The van der Waals surface area contributed by atoms with Crippen molar-refractivity contribution in [2.45, 2.75) is 49.4 Å². The molecule has 1 aromatic rings. The van der Waals surface area contributed by atoms with Crippen LogP contribution < -0.4 is 0 Å². The molecule has 0 bridgehead atoms. The Morgan fingerprint density at radius 2 is 2.00 bits per heavy atom. The summed E-state index contributed by atoms with van der Waals surface area (Å²) in [5.41, 5.74) is -1.00. The van der Waals surface area contributed by atoms with Gasteiger partial charge >= 0.3 is 6.18 Å². The lowest BCUT2D eigenvalue weighted by Crippen LogP contribution is -2.48. The summed E-state index contributed by atoms with van der Waals surface area (Å²) in [7, 11) is -4.07. The zero-order valence-electron chi connectivity index (χ0n) is 12.0. The molecular formula is C14H18F3NO3S. The summed E-state index contributed by atoms with van der Waals surface area (Å²) >= 11 is 0. The fourth-order valence-corrected chi connectivity index (χ4v) is 4.48. The predicted octanol–water partition coefficient (Wildman–Crippen LogP) is 2.63. The van der Waals surface area contributed by atoms with Crippen molar-refractivity contribution in [3.05, 3.63) is 29.8 Å². The highest BCUT2D eigenvalue weighted by atomic mass is 32.2. The van der Waals surface area contributed by atoms with Gasteiger partial charge in [0.05, 0.1) is 22.6 Å². The fraction of sp³-hybridized carbons (Fsp3) is 0.571. The summed E-state index contributed by atoms with van der Waals surface area (Å²) in [6.45, 7) is 1.69. The Labute approximate surface area is 127 Å². The Morgan fingerprint density at radius 1 is 1.32 bits per heavy atom. The molecule has 0 radical (unpaired) electrons. The molecule has 8 heteroatoms. The maximum absolute atomic E-state index is 12.8. The molecule has 0 amide bonds. The zero-order valence-corrected chi connectivity index (χ0v) is 12.9. The lowest BCUT2D eigenvalue weighted by Gasteiger charge is -2.36. The van der Waals surface area contributed by atoms with Gasteiger partial charge in [-0.25, -0.2) is 8.42 Å². The monoisotopic (exact) mass is 337 g/mol. The van der Waals surface area contributed by atoms with Crippen LogP contribution in [-0.2, 0) is 16.2 Å². The second-order valence-corrected chi connectivity index (χ2v) is 7.34. The Balaban J connectivity index is 2.41. The minimum absolute atomic E-state index is 0.203. The maximum atomic E-state index is 12.8. The minimum Gasteiger partial charge on any atom is -0.392 e. The minimum atomic E-state index is -4.60. The first-order chi connectivity index (χ1) is 10.1. The number of benzene rings is 1. The van der Waals surface area contributed by atoms with E-state index in [2.05, 4.69) is 0 Å². The Hall–Kier alpha value is -1.12. The van der Waals surface area contributed by atoms with Crippen molar-refractivity contribution in [3.8, 4) is 0 Å². The number of rotatable bonds is 3. The molecule has 0 aliphatic carbocycles. The van der Waals surface area contributed by atoms with E-state index in [4.69, 9.17) is 0 Å². The number of aliphatic hydroxyl groups is 1. The standard InChI is InChI=1S/C14H18F3NO3S/c1-10(19)13-7-2-3-8-18(13)22(20,21)12-6-4-5-11(9-12)14(15,16)17/h4-6,9-10,13,19H,2-3,7-8H2,1H3. The number of alkyl halides is 3. The van der Waals surface area contributed by atoms with Crippen LogP contribution in [0.15, 0.2) is 29.2 Å². The first-order valence-electron chi connectivity index (χ1n) is 7.01. The van der Waals surface area contributed by atoms with Crippen molar-refractivity contribution in [2.24, 2.45) is 0 Å². The van der Waals surface area contributed by atoms with Gasteiger partial charge in [0.1, 0.15) is 0 Å². The summed E-state index contributed by atoms with van der Waals surface area (Å²) in [5.74, 6) is 0. The largest absolute Gasteiger partial charge is 0.416 e. The number of hydrogen-bond donors (Lipinski definition) is 1. The average Bonchev–Trinajstić information content (AvgIpc) is 2.46. The van der Waals surface area contributed by atoms with Gasteiger partial charge in [-0.1, -0.05) is 12.5 Å². The molecule has 0 spiro atoms. The Bertz CT molecular complexity index is 628. The molecule has 2 rings (SSSR count). The van der Waals surface area contributed by atoms with E-state index in [0.717, 1.165) is 28.9 Å². The SMILES string of the molecule is CC(O)C1CCCCN1S(=O)(=O)c1cccc(C(F)(F)F)c1. The van der Waals surface area contributed by atoms with Crippen LogP contribution in [0.1, 0.15) is 31.7 Å². The van der Waals surface area contributed by atoms with Gasteiger partial charge < -0.3 is 5.11 Å². The average molecular weight is 337 g/mol. The van der Waals surface area contributed by atoms with E-state index in [1.165, 1.54) is 6.92 Å². The number of piperidine rings is 1. The normalized spacial score (nSPS) is 22.5. The van der Waals surface area contributed by atoms with E-state index in [1.807, 2.05) is 0 Å². The molecule has 0 saturated carbocycles. The molecule has 1 fully saturated rings. The number of hydrogen-bond acceptors (Lipinski definition) is 3. The van der Waals surface area contributed by atoms with Crippen LogP contribution in [0.4, 0.5) is 13.2 Å². The summed E-state index contributed by atoms with van der Waals surface area (Å²) in [5, 5.41) is 9.76. The molecule has 2 atom stereocenters. The van der Waals surface area contributed by atoms with Gasteiger partial charge in [0, 0.05) is 6.54 Å². The third-order valence-electron chi connectivity index (χ3n) is 3.82. The quantitative estimate of drug-likeness (QED) is 0.922. The molecule has 1 aliphatic rings. The van der Waals surface area contributed by atoms with Gasteiger partial charge in [-0.2, -0.15) is 17.5 Å². The third-order valence-corrected chi connectivity index (χ3v) is 5.74. The summed E-state index contributed by atoms with van der Waals surface area (Å²) in [6.07, 6.45) is -3.57. The van der Waals surface area contributed by atoms with E-state index in [0.29, 0.717) is 18.9 Å². The van der Waals surface area contributed by atoms with Crippen molar-refractivity contribution >= 4 is 10.0 Å². The molecule has 2 unspecified atom stereocenters. The van der Waals surface area contributed by atoms with Gasteiger partial charge in [0.25, 0.3) is 0 Å². The molecule has 0 aromatic heterocycles. The lowest BCUT2D eigenvalue weighted by molar-refractivity contribution is -0.137. The van der Waals surface area contributed by atoms with Crippen molar-refractivity contribution in [1.82, 2.24) is 4.31 Å². The van der Waals surface area contributed by atoms with E-state index < -0.39 is 38.8 Å². The molecule has 1 aliphatic heterocycles. The van der Waals surface area contributed by atoms with Gasteiger partial charge in [0.2, 0.25) is 10.0 Å². The van der Waals surface area contributed by atoms with Crippen LogP contribution in [-0.4, -0.2) is 36.5 Å². The molecular weight excluding hydrogens is 319 g/mol. The molecule has 22 heavy (non-hydrogen) atoms. The highest BCUT2D eigenvalue weighted by Crippen LogP contribution is 2.32. The summed E-state index contributed by atoms with van der Waals surface area (Å²) in [4.78, 5) is -0.394. The van der Waals surface area contributed by atoms with Crippen LogP contribution in [0.5, 0.6) is 0 Å². The smallest absolute Gasteiger partial charge is 0.392 e. The number of aliphatic hydroxyl groups excluding tert-OH is 1. The molecule has 1 heterocycles.